The first kappa shape index (κ1) is 13.1. The molecule has 108 valence electrons. The zero-order valence-corrected chi connectivity index (χ0v) is 12.2. The topological polar surface area (TPSA) is 23.5 Å². The van der Waals surface area contributed by atoms with Crippen molar-refractivity contribution < 1.29 is 5.11 Å². The van der Waals surface area contributed by atoms with Crippen LogP contribution in [0.3, 0.4) is 0 Å². The summed E-state index contributed by atoms with van der Waals surface area (Å²) < 4.78 is 0. The second-order valence-electron chi connectivity index (χ2n) is 6.35. The highest BCUT2D eigenvalue weighted by atomic mass is 16.3. The lowest BCUT2D eigenvalue weighted by atomic mass is 9.85. The maximum absolute atomic E-state index is 10.5. The van der Waals surface area contributed by atoms with Crippen LogP contribution in [0.1, 0.15) is 35.1 Å². The minimum Gasteiger partial charge on any atom is -0.388 e. The number of rotatable bonds is 2. The van der Waals surface area contributed by atoms with Crippen molar-refractivity contribution >= 4 is 0 Å². The molecule has 2 aromatic rings. The second kappa shape index (κ2) is 5.28. The van der Waals surface area contributed by atoms with Gasteiger partial charge in [0.15, 0.2) is 0 Å². The lowest BCUT2D eigenvalue weighted by Gasteiger charge is -2.36. The number of benzene rings is 2. The zero-order valence-electron chi connectivity index (χ0n) is 12.2. The van der Waals surface area contributed by atoms with Crippen LogP contribution in [-0.4, -0.2) is 23.1 Å². The molecule has 0 spiro atoms. The Morgan fingerprint density at radius 2 is 1.67 bits per heavy atom. The van der Waals surface area contributed by atoms with Gasteiger partial charge < -0.3 is 5.11 Å². The van der Waals surface area contributed by atoms with Gasteiger partial charge in [0.2, 0.25) is 0 Å². The van der Waals surface area contributed by atoms with E-state index < -0.39 is 0 Å². The van der Waals surface area contributed by atoms with Gasteiger partial charge in [-0.2, -0.15) is 0 Å². The quantitative estimate of drug-likeness (QED) is 0.911. The number of fused-ring (bicyclic) bond motifs is 3. The maximum atomic E-state index is 10.5. The van der Waals surface area contributed by atoms with Gasteiger partial charge in [-0.25, -0.2) is 0 Å². The van der Waals surface area contributed by atoms with E-state index in [1.54, 1.807) is 0 Å². The molecule has 0 bridgehead atoms. The SMILES string of the molecule is O[C@H]1c2ccccc2[C@H]2CN(Cc3ccccc3)CC[C@H]21. The average molecular weight is 279 g/mol. The fraction of sp³-hybridized carbons (Fsp3) is 0.368. The van der Waals surface area contributed by atoms with Crippen molar-refractivity contribution in [1.82, 2.24) is 4.90 Å². The Morgan fingerprint density at radius 1 is 0.952 bits per heavy atom. The molecule has 1 saturated heterocycles. The number of nitrogens with zero attached hydrogens (tertiary/aromatic N) is 1. The molecule has 0 aromatic heterocycles. The summed E-state index contributed by atoms with van der Waals surface area (Å²) in [5.74, 6) is 0.906. The van der Waals surface area contributed by atoms with E-state index in [1.807, 2.05) is 6.07 Å². The first-order valence-electron chi connectivity index (χ1n) is 7.86. The van der Waals surface area contributed by atoms with E-state index in [0.717, 1.165) is 31.6 Å². The van der Waals surface area contributed by atoms with Gasteiger partial charge in [0.25, 0.3) is 0 Å². The highest BCUT2D eigenvalue weighted by molar-refractivity contribution is 5.39. The van der Waals surface area contributed by atoms with Crippen LogP contribution in [0.15, 0.2) is 54.6 Å². The summed E-state index contributed by atoms with van der Waals surface area (Å²) in [4.78, 5) is 2.53. The molecule has 0 amide bonds. The molecule has 0 radical (unpaired) electrons. The molecule has 21 heavy (non-hydrogen) atoms. The Kier molecular flexibility index (Phi) is 3.28. The Hall–Kier alpha value is -1.64. The van der Waals surface area contributed by atoms with Gasteiger partial charge in [0, 0.05) is 19.0 Å². The number of aliphatic hydroxyl groups excluding tert-OH is 1. The van der Waals surface area contributed by atoms with Crippen molar-refractivity contribution in [3.8, 4) is 0 Å². The van der Waals surface area contributed by atoms with Gasteiger partial charge in [0.1, 0.15) is 0 Å². The summed E-state index contributed by atoms with van der Waals surface area (Å²) in [6, 6.07) is 19.1. The van der Waals surface area contributed by atoms with E-state index in [-0.39, 0.29) is 6.10 Å². The molecule has 1 heterocycles. The molecule has 1 aliphatic carbocycles. The monoisotopic (exact) mass is 279 g/mol. The van der Waals surface area contributed by atoms with E-state index >= 15 is 0 Å². The van der Waals surface area contributed by atoms with Crippen molar-refractivity contribution in [3.63, 3.8) is 0 Å². The zero-order chi connectivity index (χ0) is 14.2. The molecule has 2 aromatic carbocycles. The first-order chi connectivity index (χ1) is 10.3. The van der Waals surface area contributed by atoms with Crippen LogP contribution in [0.2, 0.25) is 0 Å². The Balaban J connectivity index is 1.55. The highest BCUT2D eigenvalue weighted by Crippen LogP contribution is 2.49. The van der Waals surface area contributed by atoms with Gasteiger partial charge in [-0.1, -0.05) is 54.6 Å². The molecule has 3 atom stereocenters. The lowest BCUT2D eigenvalue weighted by Crippen LogP contribution is -2.38. The first-order valence-corrected chi connectivity index (χ1v) is 7.86. The van der Waals surface area contributed by atoms with E-state index in [2.05, 4.69) is 53.4 Å². The fourth-order valence-electron chi connectivity index (χ4n) is 4.08. The number of aliphatic hydroxyl groups is 1. The third kappa shape index (κ3) is 2.29. The van der Waals surface area contributed by atoms with Crippen LogP contribution in [0, 0.1) is 5.92 Å². The van der Waals surface area contributed by atoms with E-state index in [9.17, 15) is 5.11 Å². The molecule has 2 heteroatoms. The molecule has 4 rings (SSSR count). The maximum Gasteiger partial charge on any atom is 0.0827 e. The largest absolute Gasteiger partial charge is 0.388 e. The van der Waals surface area contributed by atoms with E-state index in [0.29, 0.717) is 11.8 Å². The van der Waals surface area contributed by atoms with Crippen LogP contribution < -0.4 is 0 Å². The van der Waals surface area contributed by atoms with Gasteiger partial charge in [-0.15, -0.1) is 0 Å². The van der Waals surface area contributed by atoms with Crippen molar-refractivity contribution in [2.45, 2.75) is 25.0 Å². The number of hydrogen-bond acceptors (Lipinski definition) is 2. The summed E-state index contributed by atoms with van der Waals surface area (Å²) in [5.41, 5.74) is 3.91. The molecule has 2 aliphatic rings. The molecular weight excluding hydrogens is 258 g/mol. The van der Waals surface area contributed by atoms with Gasteiger partial charge >= 0.3 is 0 Å². The van der Waals surface area contributed by atoms with Crippen molar-refractivity contribution in [2.24, 2.45) is 5.92 Å². The van der Waals surface area contributed by atoms with Gasteiger partial charge in [-0.05, 0) is 35.6 Å². The van der Waals surface area contributed by atoms with Crippen LogP contribution in [0.4, 0.5) is 0 Å². The highest BCUT2D eigenvalue weighted by Gasteiger charge is 2.42. The van der Waals surface area contributed by atoms with E-state index in [4.69, 9.17) is 0 Å². The number of piperidine rings is 1. The number of hydrogen-bond donors (Lipinski definition) is 1. The predicted molar refractivity (Wildman–Crippen MR) is 84.0 cm³/mol. The summed E-state index contributed by atoms with van der Waals surface area (Å²) in [6.07, 6.45) is 0.831. The molecule has 1 aliphatic heterocycles. The van der Waals surface area contributed by atoms with Gasteiger partial charge in [0.05, 0.1) is 6.10 Å². The van der Waals surface area contributed by atoms with Crippen LogP contribution >= 0.6 is 0 Å². The summed E-state index contributed by atoms with van der Waals surface area (Å²) in [5, 5.41) is 10.5. The standard InChI is InChI=1S/C19H21NO/c21-19-16-9-5-4-8-15(16)18-13-20(11-10-17(18)19)12-14-6-2-1-3-7-14/h1-9,17-19,21H,10-13H2/t17-,18-,19+/m1/s1. The van der Waals surface area contributed by atoms with Crippen molar-refractivity contribution in [3.05, 3.63) is 71.3 Å². The summed E-state index contributed by atoms with van der Waals surface area (Å²) >= 11 is 0. The molecule has 0 saturated carbocycles. The second-order valence-corrected chi connectivity index (χ2v) is 6.35. The smallest absolute Gasteiger partial charge is 0.0827 e. The third-order valence-electron chi connectivity index (χ3n) is 5.12. The molecule has 1 fully saturated rings. The average Bonchev–Trinajstić information content (AvgIpc) is 2.82. The van der Waals surface area contributed by atoms with E-state index in [1.165, 1.54) is 11.1 Å². The third-order valence-corrected chi connectivity index (χ3v) is 5.12. The Labute approximate surface area is 126 Å². The molecule has 2 nitrogen and oxygen atoms in total. The Bertz CT molecular complexity index is 624. The van der Waals surface area contributed by atoms with Crippen LogP contribution in [-0.2, 0) is 6.54 Å². The minimum absolute atomic E-state index is 0.259. The molecule has 1 N–H and O–H groups in total. The number of likely N-dealkylation sites (tertiary alicyclic amines) is 1. The normalized spacial score (nSPS) is 28.1. The lowest BCUT2D eigenvalue weighted by molar-refractivity contribution is 0.0589. The van der Waals surface area contributed by atoms with Gasteiger partial charge in [-0.3, -0.25) is 4.90 Å². The van der Waals surface area contributed by atoms with Crippen molar-refractivity contribution in [1.29, 1.82) is 0 Å². The van der Waals surface area contributed by atoms with Crippen molar-refractivity contribution in [2.75, 3.05) is 13.1 Å². The Morgan fingerprint density at radius 3 is 2.48 bits per heavy atom. The molecular formula is C19H21NO. The van der Waals surface area contributed by atoms with Crippen LogP contribution in [0.25, 0.3) is 0 Å². The van der Waals surface area contributed by atoms with Crippen LogP contribution in [0.5, 0.6) is 0 Å². The predicted octanol–water partition coefficient (Wildman–Crippen LogP) is 3.34. The fourth-order valence-corrected chi connectivity index (χ4v) is 4.08. The summed E-state index contributed by atoms with van der Waals surface area (Å²) in [6.45, 7) is 3.16. The summed E-state index contributed by atoms with van der Waals surface area (Å²) in [7, 11) is 0. The molecule has 0 unspecified atom stereocenters. The minimum atomic E-state index is -0.259.